The number of nitrogens with zero attached hydrogens (tertiary/aromatic N) is 2. The molecule has 21 heavy (non-hydrogen) atoms. The van der Waals surface area contributed by atoms with Crippen molar-refractivity contribution in [2.75, 3.05) is 4.90 Å². The van der Waals surface area contributed by atoms with Crippen molar-refractivity contribution in [2.24, 2.45) is 0 Å². The van der Waals surface area contributed by atoms with Crippen molar-refractivity contribution in [1.29, 1.82) is 0 Å². The van der Waals surface area contributed by atoms with Crippen LogP contribution in [-0.4, -0.2) is 39.4 Å². The molecule has 2 heterocycles. The van der Waals surface area contributed by atoms with E-state index in [9.17, 15) is 9.90 Å². The zero-order valence-electron chi connectivity index (χ0n) is 12.0. The number of aromatic nitrogens is 1. The smallest absolute Gasteiger partial charge is 0.335 e. The zero-order valence-corrected chi connectivity index (χ0v) is 12.8. The Balaban J connectivity index is 1.98. The van der Waals surface area contributed by atoms with Gasteiger partial charge in [0, 0.05) is 12.1 Å². The van der Waals surface area contributed by atoms with E-state index in [4.69, 9.17) is 5.11 Å². The second-order valence-corrected chi connectivity index (χ2v) is 6.72. The van der Waals surface area contributed by atoms with Crippen LogP contribution in [0.25, 0.3) is 10.2 Å². The highest BCUT2D eigenvalue weighted by Gasteiger charge is 2.31. The molecule has 0 bridgehead atoms. The quantitative estimate of drug-likeness (QED) is 0.892. The molecule has 1 aromatic heterocycles. The zero-order chi connectivity index (χ0) is 15.1. The van der Waals surface area contributed by atoms with E-state index in [0.29, 0.717) is 0 Å². The van der Waals surface area contributed by atoms with Crippen molar-refractivity contribution in [1.82, 2.24) is 4.98 Å². The third-order valence-electron chi connectivity index (χ3n) is 4.02. The minimum atomic E-state index is -0.922. The molecule has 1 aliphatic rings. The van der Waals surface area contributed by atoms with E-state index in [1.54, 1.807) is 18.2 Å². The predicted molar refractivity (Wildman–Crippen MR) is 83.2 cm³/mol. The summed E-state index contributed by atoms with van der Waals surface area (Å²) in [7, 11) is 0. The summed E-state index contributed by atoms with van der Waals surface area (Å²) in [4.78, 5) is 17.9. The summed E-state index contributed by atoms with van der Waals surface area (Å²) in [6, 6.07) is 5.47. The molecule has 1 aromatic carbocycles. The van der Waals surface area contributed by atoms with Gasteiger partial charge in [0.1, 0.15) is 0 Å². The third-order valence-corrected chi connectivity index (χ3v) is 5.05. The molecule has 6 heteroatoms. The summed E-state index contributed by atoms with van der Waals surface area (Å²) in [6.45, 7) is 4.18. The SMILES string of the molecule is C[C@H]1CC(O)C[C@H](C)N1c1nc2ccc(C(=O)O)cc2s1. The number of hydrogen-bond acceptors (Lipinski definition) is 5. The van der Waals surface area contributed by atoms with E-state index in [1.807, 2.05) is 0 Å². The van der Waals surface area contributed by atoms with Crippen LogP contribution in [0.2, 0.25) is 0 Å². The molecule has 1 fully saturated rings. The molecule has 0 spiro atoms. The van der Waals surface area contributed by atoms with Gasteiger partial charge in [0.25, 0.3) is 0 Å². The highest BCUT2D eigenvalue weighted by atomic mass is 32.1. The standard InChI is InChI=1S/C15H18N2O3S/c1-8-5-11(18)6-9(2)17(8)15-16-12-4-3-10(14(19)20)7-13(12)21-15/h3-4,7-9,11,18H,5-6H2,1-2H3,(H,19,20)/t8-,9-/m0/s1. The van der Waals surface area contributed by atoms with Crippen LogP contribution in [0.4, 0.5) is 5.13 Å². The predicted octanol–water partition coefficient (Wildman–Crippen LogP) is 2.73. The fraction of sp³-hybridized carbons (Fsp3) is 0.467. The van der Waals surface area contributed by atoms with E-state index < -0.39 is 5.97 Å². The van der Waals surface area contributed by atoms with Gasteiger partial charge < -0.3 is 15.1 Å². The van der Waals surface area contributed by atoms with Crippen molar-refractivity contribution in [3.8, 4) is 0 Å². The highest BCUT2D eigenvalue weighted by molar-refractivity contribution is 7.22. The summed E-state index contributed by atoms with van der Waals surface area (Å²) >= 11 is 1.51. The first kappa shape index (κ1) is 14.3. The van der Waals surface area contributed by atoms with Gasteiger partial charge in [-0.15, -0.1) is 0 Å². The lowest BCUT2D eigenvalue weighted by Gasteiger charge is -2.41. The van der Waals surface area contributed by atoms with Gasteiger partial charge in [-0.1, -0.05) is 11.3 Å². The van der Waals surface area contributed by atoms with Crippen LogP contribution in [-0.2, 0) is 0 Å². The van der Waals surface area contributed by atoms with E-state index >= 15 is 0 Å². The summed E-state index contributed by atoms with van der Waals surface area (Å²) in [6.07, 6.45) is 1.22. The molecule has 0 amide bonds. The van der Waals surface area contributed by atoms with Gasteiger partial charge in [-0.25, -0.2) is 9.78 Å². The molecular formula is C15H18N2O3S. The van der Waals surface area contributed by atoms with Crippen LogP contribution < -0.4 is 4.90 Å². The Labute approximate surface area is 126 Å². The van der Waals surface area contributed by atoms with Gasteiger partial charge >= 0.3 is 5.97 Å². The molecule has 1 saturated heterocycles. The van der Waals surface area contributed by atoms with E-state index in [2.05, 4.69) is 23.7 Å². The maximum Gasteiger partial charge on any atom is 0.335 e. The number of carboxylic acid groups (broad SMARTS) is 1. The normalized spacial score (nSPS) is 26.2. The number of hydrogen-bond donors (Lipinski definition) is 2. The molecule has 2 N–H and O–H groups in total. The number of piperidine rings is 1. The minimum absolute atomic E-state index is 0.225. The Morgan fingerprint density at radius 3 is 2.62 bits per heavy atom. The lowest BCUT2D eigenvalue weighted by molar-refractivity contribution is 0.0697. The van der Waals surface area contributed by atoms with Crippen molar-refractivity contribution < 1.29 is 15.0 Å². The molecule has 0 aliphatic carbocycles. The average molecular weight is 306 g/mol. The van der Waals surface area contributed by atoms with E-state index in [0.717, 1.165) is 28.2 Å². The topological polar surface area (TPSA) is 73.7 Å². The number of aliphatic hydroxyl groups excluding tert-OH is 1. The maximum absolute atomic E-state index is 11.0. The summed E-state index contributed by atoms with van der Waals surface area (Å²) in [5.74, 6) is -0.922. The number of carboxylic acids is 1. The number of carbonyl (C=O) groups is 1. The monoisotopic (exact) mass is 306 g/mol. The van der Waals surface area contributed by atoms with Gasteiger partial charge in [0.15, 0.2) is 5.13 Å². The second-order valence-electron chi connectivity index (χ2n) is 5.71. The lowest BCUT2D eigenvalue weighted by Crippen LogP contribution is -2.48. The Bertz CT molecular complexity index is 673. The molecule has 1 aliphatic heterocycles. The first-order chi connectivity index (χ1) is 9.95. The molecule has 2 aromatic rings. The van der Waals surface area contributed by atoms with Gasteiger partial charge in [-0.2, -0.15) is 0 Å². The van der Waals surface area contributed by atoms with Gasteiger partial charge in [0.05, 0.1) is 21.9 Å². The van der Waals surface area contributed by atoms with Crippen LogP contribution in [0.1, 0.15) is 37.0 Å². The van der Waals surface area contributed by atoms with Crippen molar-refractivity contribution in [2.45, 2.75) is 44.9 Å². The average Bonchev–Trinajstić information content (AvgIpc) is 2.79. The minimum Gasteiger partial charge on any atom is -0.478 e. The Kier molecular flexibility index (Phi) is 3.59. The molecular weight excluding hydrogens is 288 g/mol. The lowest BCUT2D eigenvalue weighted by atomic mass is 9.96. The molecule has 5 nitrogen and oxygen atoms in total. The Morgan fingerprint density at radius 2 is 2.00 bits per heavy atom. The molecule has 0 saturated carbocycles. The van der Waals surface area contributed by atoms with Crippen LogP contribution in [0, 0.1) is 0 Å². The van der Waals surface area contributed by atoms with E-state index in [-0.39, 0.29) is 23.8 Å². The fourth-order valence-electron chi connectivity index (χ4n) is 3.08. The fourth-order valence-corrected chi connectivity index (χ4v) is 4.29. The number of aliphatic hydroxyl groups is 1. The van der Waals surface area contributed by atoms with Crippen molar-refractivity contribution >= 4 is 32.7 Å². The molecule has 3 rings (SSSR count). The number of benzene rings is 1. The number of fused-ring (bicyclic) bond motifs is 1. The van der Waals surface area contributed by atoms with Crippen molar-refractivity contribution in [3.63, 3.8) is 0 Å². The summed E-state index contributed by atoms with van der Waals surface area (Å²) < 4.78 is 0.885. The molecule has 2 atom stereocenters. The third kappa shape index (κ3) is 2.61. The highest BCUT2D eigenvalue weighted by Crippen LogP contribution is 2.35. The Morgan fingerprint density at radius 1 is 1.33 bits per heavy atom. The Hall–Kier alpha value is -1.66. The van der Waals surface area contributed by atoms with E-state index in [1.165, 1.54) is 11.3 Å². The molecule has 0 unspecified atom stereocenters. The van der Waals surface area contributed by atoms with Crippen LogP contribution in [0.15, 0.2) is 18.2 Å². The first-order valence-electron chi connectivity index (χ1n) is 7.06. The van der Waals surface area contributed by atoms with Crippen LogP contribution >= 0.6 is 11.3 Å². The number of aromatic carboxylic acids is 1. The number of rotatable bonds is 2. The second kappa shape index (κ2) is 5.27. The molecule has 0 radical (unpaired) electrons. The van der Waals surface area contributed by atoms with Crippen LogP contribution in [0.3, 0.4) is 0 Å². The van der Waals surface area contributed by atoms with Gasteiger partial charge in [-0.3, -0.25) is 0 Å². The van der Waals surface area contributed by atoms with Crippen LogP contribution in [0.5, 0.6) is 0 Å². The summed E-state index contributed by atoms with van der Waals surface area (Å²) in [5, 5.41) is 19.8. The molecule has 112 valence electrons. The first-order valence-corrected chi connectivity index (χ1v) is 7.87. The summed E-state index contributed by atoms with van der Waals surface area (Å²) in [5.41, 5.74) is 1.11. The maximum atomic E-state index is 11.0. The number of anilines is 1. The largest absolute Gasteiger partial charge is 0.478 e. The van der Waals surface area contributed by atoms with Crippen molar-refractivity contribution in [3.05, 3.63) is 23.8 Å². The number of thiazole rings is 1. The van der Waals surface area contributed by atoms with Gasteiger partial charge in [-0.05, 0) is 44.9 Å². The van der Waals surface area contributed by atoms with Gasteiger partial charge in [0.2, 0.25) is 0 Å².